The van der Waals surface area contributed by atoms with Crippen molar-refractivity contribution in [3.8, 4) is 86.1 Å². The number of unbranched alkanes of at least 4 members (excludes halogenated alkanes) is 1. The number of nitro groups is 2. The molecule has 0 atom stereocenters. The molecular weight excluding hydrogens is 1710 g/mol. The molecule has 0 aliphatic heterocycles. The Morgan fingerprint density at radius 2 is 0.913 bits per heavy atom. The van der Waals surface area contributed by atoms with Crippen LogP contribution in [0.15, 0.2) is 132 Å². The number of phenols is 8. The van der Waals surface area contributed by atoms with Gasteiger partial charge in [0.15, 0.2) is 10.6 Å². The Labute approximate surface area is 767 Å². The predicted octanol–water partition coefficient (Wildman–Crippen LogP) is 16.6. The molecule has 37 heteroatoms. The van der Waals surface area contributed by atoms with Gasteiger partial charge < -0.3 is 99.8 Å². The lowest BCUT2D eigenvalue weighted by atomic mass is 9.98. The highest BCUT2D eigenvalue weighted by Crippen LogP contribution is 2.41. The summed E-state index contributed by atoms with van der Waals surface area (Å²) in [4.78, 5) is 50.1. The molecule has 14 N–H and O–H groups in total. The number of H-pyrrole nitrogens is 1. The molecule has 696 valence electrons. The van der Waals surface area contributed by atoms with Crippen molar-refractivity contribution in [2.24, 2.45) is 10.8 Å². The van der Waals surface area contributed by atoms with Crippen molar-refractivity contribution in [2.75, 3.05) is 172 Å². The maximum atomic E-state index is 11.2. The molecule has 0 spiro atoms. The minimum Gasteiger partial charge on any atom is -0.508 e. The van der Waals surface area contributed by atoms with Crippen molar-refractivity contribution in [1.82, 2.24) is 39.8 Å². The molecule has 1 amide bonds. The maximum absolute atomic E-state index is 11.2. The van der Waals surface area contributed by atoms with E-state index in [1.54, 1.807) is 56.2 Å². The number of carbonyl (C=O) groups is 1. The zero-order valence-corrected chi connectivity index (χ0v) is 80.6. The number of rotatable bonds is 30. The van der Waals surface area contributed by atoms with Gasteiger partial charge in [0.1, 0.15) is 69.0 Å². The number of nitrogen functional groups attached to an aromatic ring is 2. The summed E-state index contributed by atoms with van der Waals surface area (Å²) in [7, 11) is 28.6. The number of amides is 1. The van der Waals surface area contributed by atoms with Crippen molar-refractivity contribution in [3.05, 3.63) is 186 Å². The van der Waals surface area contributed by atoms with Gasteiger partial charge in [-0.25, -0.2) is 5.84 Å². The Bertz CT molecular complexity index is 5050. The summed E-state index contributed by atoms with van der Waals surface area (Å²) in [6, 6.07) is 33.5. The van der Waals surface area contributed by atoms with Crippen LogP contribution in [0.1, 0.15) is 137 Å². The quantitative estimate of drug-likeness (QED) is 0.00291. The van der Waals surface area contributed by atoms with E-state index in [0.29, 0.717) is 43.0 Å². The molecule has 0 saturated carbocycles. The van der Waals surface area contributed by atoms with Crippen LogP contribution in [-0.4, -0.2) is 252 Å². The van der Waals surface area contributed by atoms with Crippen LogP contribution in [0, 0.1) is 25.0 Å². The molecule has 8 aromatic carbocycles. The average Bonchev–Trinajstić information content (AvgIpc) is 1.66. The number of non-ortho nitro benzene ring substituents is 2. The average molecular weight is 1840 g/mol. The Morgan fingerprint density at radius 3 is 1.31 bits per heavy atom. The minimum atomic E-state index is -0.589. The molecule has 1 aromatic heterocycles. The molecule has 0 aliphatic rings. The van der Waals surface area contributed by atoms with Crippen LogP contribution >= 0.6 is 49.3 Å². The van der Waals surface area contributed by atoms with Crippen LogP contribution in [0.3, 0.4) is 0 Å². The number of nitrogens with one attached hydrogen (secondary N) is 2. The highest BCUT2D eigenvalue weighted by Gasteiger charge is 2.23. The molecule has 0 unspecified atom stereocenters. The Kier molecular flexibility index (Phi) is 48.8. The second-order valence-electron chi connectivity index (χ2n) is 31.2. The van der Waals surface area contributed by atoms with Gasteiger partial charge in [-0.05, 0) is 213 Å². The lowest BCUT2D eigenvalue weighted by Crippen LogP contribution is -2.30. The highest BCUT2D eigenvalue weighted by atomic mass is 32.1. The molecule has 9 rings (SSSR count). The van der Waals surface area contributed by atoms with E-state index >= 15 is 0 Å². The summed E-state index contributed by atoms with van der Waals surface area (Å²) in [6.07, 6.45) is 2.63. The topological polar surface area (TPSA) is 435 Å². The van der Waals surface area contributed by atoms with Crippen LogP contribution in [-0.2, 0) is 0 Å². The lowest BCUT2D eigenvalue weighted by Gasteiger charge is -2.24. The number of likely N-dealkylation sites (N-methyl/N-ethyl adjacent to an activating group) is 6. The monoisotopic (exact) mass is 1830 g/mol. The fourth-order valence-electron chi connectivity index (χ4n) is 11.5. The number of hydrazine groups is 1. The van der Waals surface area contributed by atoms with E-state index in [0.717, 1.165) is 102 Å². The number of nitro benzene ring substituents is 2. The predicted molar refractivity (Wildman–Crippen MR) is 522 cm³/mol. The van der Waals surface area contributed by atoms with Gasteiger partial charge >= 0.3 is 0 Å². The first-order valence-electron chi connectivity index (χ1n) is 40.3. The number of benzene rings is 8. The van der Waals surface area contributed by atoms with Gasteiger partial charge in [0, 0.05) is 115 Å². The number of aliphatic imine (C=N–C) groups is 1. The van der Waals surface area contributed by atoms with Crippen molar-refractivity contribution in [2.45, 2.75) is 98.8 Å². The third kappa shape index (κ3) is 36.6. The van der Waals surface area contributed by atoms with Crippen LogP contribution in [0.4, 0.5) is 39.8 Å². The third-order valence-corrected chi connectivity index (χ3v) is 19.7. The Hall–Kier alpha value is -11.8. The number of aromatic nitrogens is 3. The van der Waals surface area contributed by atoms with Gasteiger partial charge in [-0.1, -0.05) is 87.0 Å². The number of thiocarbonyl (C=S) groups is 2. The number of isothiocyanates is 1. The number of methoxy groups -OCH3 is 4. The van der Waals surface area contributed by atoms with Crippen LogP contribution < -0.4 is 50.6 Å². The molecule has 33 nitrogen and oxygen atoms in total. The zero-order chi connectivity index (χ0) is 96.6. The van der Waals surface area contributed by atoms with E-state index in [9.17, 15) is 60.8 Å². The molecule has 0 bridgehead atoms. The molecule has 1 heterocycles. The minimum absolute atomic E-state index is 0.0314. The number of aromatic hydroxyl groups is 8. The summed E-state index contributed by atoms with van der Waals surface area (Å²) >= 11 is 19.0. The number of phenolic OH excluding ortho intramolecular Hbond substituents is 8. The van der Waals surface area contributed by atoms with Crippen LogP contribution in [0.2, 0.25) is 0 Å². The van der Waals surface area contributed by atoms with E-state index in [2.05, 4.69) is 110 Å². The summed E-state index contributed by atoms with van der Waals surface area (Å²) in [5.74, 6) is 8.08. The molecule has 0 saturated heterocycles. The number of thiol groups is 1. The van der Waals surface area contributed by atoms with Crippen molar-refractivity contribution >= 4 is 104 Å². The standard InChI is InChI=1S/C23H31N5O3S.C13H19N3OS.C12H19N3O3.C10H14N2O3.C10H12O2S2.C9H12O2.C7H8N2O3.C6H15N/c1-14(2)16-12-17(20(30)13-19(16)29)22-24-25-23(32)28(22)15-7-8-21(31-6)18(11-15)27(5)10-9-26(3)4;1-15(2)7-8-16(3)12-9-11(14-10-18)5-6-13(12)17-4;1-13(2)7-8-14(3)11-9-10(15(16)17)5-6-12(11)18-4;1-5(2)6-3-7(10(15)12-11)9(14)4-8(6)13;1-5(2)6-3-7(10(13)14)9(12)4-8(6)11;1-6(2)8-4-3-7(10)5-9(8)11;1-12-7-3-2-5(9(10)11)4-6(7)8;1-4-5-6-7(2)3/h7-8,11-14,29-30H,9-10H2,1-6H3,(H,25,32);2*5-6,9H,7-8H2,1-4H3;3-5,13-14H,11H2,1-2H3,(H,12,15);3-5,11-12H,1-2H3,(H,13,14);3-6,10-11H,1-2H3;2-4H,8H2,1H3;4-6H2,1-3H3. The zero-order valence-electron chi connectivity index (χ0n) is 77.2. The van der Waals surface area contributed by atoms with E-state index < -0.39 is 15.8 Å². The Balaban J connectivity index is 0.000000510. The third-order valence-electron chi connectivity index (χ3n) is 18.9. The van der Waals surface area contributed by atoms with Crippen LogP contribution in [0.25, 0.3) is 17.1 Å². The molecule has 0 radical (unpaired) electrons. The lowest BCUT2D eigenvalue weighted by molar-refractivity contribution is -0.385. The number of nitrogens with two attached hydrogens (primary N) is 2. The smallest absolute Gasteiger partial charge is 0.271 e. The van der Waals surface area contributed by atoms with Gasteiger partial charge in [0.2, 0.25) is 0 Å². The summed E-state index contributed by atoms with van der Waals surface area (Å²) in [5, 5.41) is 108. The molecule has 127 heavy (non-hydrogen) atoms. The van der Waals surface area contributed by atoms with E-state index in [-0.39, 0.29) is 92.3 Å². The van der Waals surface area contributed by atoms with Crippen molar-refractivity contribution in [3.63, 3.8) is 0 Å². The van der Waals surface area contributed by atoms with Gasteiger partial charge in [-0.2, -0.15) is 10.1 Å². The first kappa shape index (κ1) is 111. The van der Waals surface area contributed by atoms with Gasteiger partial charge in [0.25, 0.3) is 17.3 Å². The van der Waals surface area contributed by atoms with E-state index in [4.69, 9.17) is 60.1 Å². The molecule has 0 fully saturated rings. The molecular formula is C90H130N16O17S4. The molecule has 9 aromatic rings. The normalized spacial score (nSPS) is 10.5. The Morgan fingerprint density at radius 1 is 0.520 bits per heavy atom. The van der Waals surface area contributed by atoms with Gasteiger partial charge in [-0.3, -0.25) is 40.1 Å². The number of anilines is 4. The highest BCUT2D eigenvalue weighted by molar-refractivity contribution is 8.11. The SMILES string of the molecule is CC(C)c1cc(C(=O)NN)c(O)cc1O.CC(C)c1cc(C(=S)S)c(O)cc1O.CC(C)c1ccc(O)cc1O.CCCCN(C)C.COc1ccc(-n2c(-c3cc(C(C)C)c(O)cc3O)n[nH]c2=S)cc1N(C)CCN(C)C.COc1ccc(N=C=S)cc1N(C)CCN(C)C.COc1ccc([N+](=O)[O-])cc1N.COc1ccc([N+](=O)[O-])cc1N(C)CCN(C)C. The van der Waals surface area contributed by atoms with E-state index in [1.165, 1.54) is 81.1 Å². The molecule has 0 aliphatic carbocycles. The van der Waals surface area contributed by atoms with Crippen LogP contribution in [0.5, 0.6) is 69.0 Å². The number of aromatic amines is 1. The van der Waals surface area contributed by atoms with Crippen molar-refractivity contribution < 1.29 is 74.4 Å². The number of ether oxygens (including phenoxy) is 4. The first-order chi connectivity index (χ1) is 59.6. The van der Waals surface area contributed by atoms with E-state index in [1.807, 2.05) is 151 Å². The second-order valence-corrected chi connectivity index (χ2v) is 32.9. The number of carbonyl (C=O) groups excluding carboxylic acids is 1. The van der Waals surface area contributed by atoms with Crippen molar-refractivity contribution in [1.29, 1.82) is 0 Å². The summed E-state index contributed by atoms with van der Waals surface area (Å²) in [6.45, 7) is 24.3. The first-order valence-corrected chi connectivity index (χ1v) is 42.0. The van der Waals surface area contributed by atoms with Gasteiger partial charge in [-0.15, -0.1) is 12.6 Å². The number of nitrogens with zero attached hydrogens (tertiary/aromatic N) is 12. The van der Waals surface area contributed by atoms with Gasteiger partial charge in [0.05, 0.1) is 92.9 Å². The number of hydrogen-bond acceptors (Lipinski definition) is 31. The number of hydrogen-bond donors (Lipinski definition) is 13. The summed E-state index contributed by atoms with van der Waals surface area (Å²) in [5.41, 5.74) is 15.9. The maximum Gasteiger partial charge on any atom is 0.271 e. The summed E-state index contributed by atoms with van der Waals surface area (Å²) < 4.78 is 23.5. The fraction of sp³-hybridized carbons (Fsp3) is 0.411. The second kappa shape index (κ2) is 55.6. The largest absolute Gasteiger partial charge is 0.508 e. The fourth-order valence-corrected chi connectivity index (χ4v) is 12.2.